The minimum Gasteiger partial charge on any atom is -0.494 e. The molecule has 1 amide bonds. The van der Waals surface area contributed by atoms with Crippen molar-refractivity contribution in [3.05, 3.63) is 87.0 Å². The van der Waals surface area contributed by atoms with Gasteiger partial charge in [-0.1, -0.05) is 24.3 Å². The van der Waals surface area contributed by atoms with Crippen molar-refractivity contribution in [3.63, 3.8) is 0 Å². The fourth-order valence-corrected chi connectivity index (χ4v) is 4.22. The second kappa shape index (κ2) is 8.86. The second-order valence-electron chi connectivity index (χ2n) is 8.29. The average Bonchev–Trinajstić information content (AvgIpc) is 2.78. The van der Waals surface area contributed by atoms with E-state index in [4.69, 9.17) is 0 Å². The minimum absolute atomic E-state index is 0.0591. The van der Waals surface area contributed by atoms with E-state index in [1.165, 1.54) is 12.1 Å². The Balaban J connectivity index is 1.59. The summed E-state index contributed by atoms with van der Waals surface area (Å²) in [5.74, 6) is -0.801. The topological polar surface area (TPSA) is 85.4 Å². The Labute approximate surface area is 185 Å². The normalized spacial score (nSPS) is 14.4. The number of nitrogens with one attached hydrogen (secondary N) is 2. The molecule has 3 aromatic rings. The summed E-state index contributed by atoms with van der Waals surface area (Å²) in [5, 5.41) is 13.7. The maximum absolute atomic E-state index is 13.4. The van der Waals surface area contributed by atoms with Gasteiger partial charge in [-0.2, -0.15) is 0 Å². The lowest BCUT2D eigenvalue weighted by Gasteiger charge is -2.33. The highest BCUT2D eigenvalue weighted by atomic mass is 19.1. The van der Waals surface area contributed by atoms with Gasteiger partial charge in [0.2, 0.25) is 5.88 Å². The number of aromatic nitrogens is 1. The van der Waals surface area contributed by atoms with E-state index in [0.29, 0.717) is 24.3 Å². The van der Waals surface area contributed by atoms with E-state index in [-0.39, 0.29) is 23.2 Å². The van der Waals surface area contributed by atoms with Crippen molar-refractivity contribution >= 4 is 17.3 Å². The maximum atomic E-state index is 13.4. The molecule has 6 nitrogen and oxygen atoms in total. The van der Waals surface area contributed by atoms with Crippen LogP contribution in [-0.4, -0.2) is 34.0 Å². The van der Waals surface area contributed by atoms with Gasteiger partial charge >= 0.3 is 0 Å². The Morgan fingerprint density at radius 3 is 2.47 bits per heavy atom. The Morgan fingerprint density at radius 1 is 1.12 bits per heavy atom. The van der Waals surface area contributed by atoms with Crippen molar-refractivity contribution < 1.29 is 14.3 Å². The molecular weight excluding hydrogens is 409 g/mol. The molecule has 1 aromatic heterocycles. The number of anilines is 2. The van der Waals surface area contributed by atoms with Crippen LogP contribution in [0.5, 0.6) is 5.88 Å². The number of H-pyrrole nitrogens is 1. The number of aromatic hydroxyl groups is 1. The molecule has 166 valence electrons. The van der Waals surface area contributed by atoms with E-state index in [2.05, 4.69) is 10.3 Å². The zero-order chi connectivity index (χ0) is 22.8. The number of rotatable bonds is 4. The van der Waals surface area contributed by atoms with Gasteiger partial charge in [-0.15, -0.1) is 0 Å². The summed E-state index contributed by atoms with van der Waals surface area (Å²) in [6.07, 6.45) is 1.47. The number of benzene rings is 2. The number of pyridine rings is 1. The molecule has 7 heteroatoms. The van der Waals surface area contributed by atoms with Crippen LogP contribution >= 0.6 is 0 Å². The number of nitrogens with zero attached hydrogens (tertiary/aromatic N) is 1. The third kappa shape index (κ3) is 4.37. The molecule has 0 unspecified atom stereocenters. The number of halogens is 1. The standard InChI is InChI=1S/C25H26FN3O3/c1-15-4-3-5-20(14-15)27-22-16(2)23(30)28-24(31)21(22)25(32)29-12-10-18(11-13-29)17-6-8-19(26)9-7-17/h3-9,14,18H,10-13H2,1-2H3,(H3,27,28,30,31). The molecular formula is C25H26FN3O3. The van der Waals surface area contributed by atoms with Crippen LogP contribution in [0.2, 0.25) is 0 Å². The Hall–Kier alpha value is -3.61. The van der Waals surface area contributed by atoms with Gasteiger partial charge in [0, 0.05) is 24.3 Å². The zero-order valence-electron chi connectivity index (χ0n) is 18.1. The van der Waals surface area contributed by atoms with Crippen molar-refractivity contribution in [2.45, 2.75) is 32.6 Å². The van der Waals surface area contributed by atoms with Crippen LogP contribution in [0.15, 0.2) is 53.3 Å². The monoisotopic (exact) mass is 435 g/mol. The lowest BCUT2D eigenvalue weighted by molar-refractivity contribution is 0.0710. The number of aromatic amines is 1. The molecule has 1 saturated heterocycles. The van der Waals surface area contributed by atoms with E-state index in [1.54, 1.807) is 24.0 Å². The number of piperidine rings is 1. The lowest BCUT2D eigenvalue weighted by Crippen LogP contribution is -2.38. The number of aryl methyl sites for hydroxylation is 1. The van der Waals surface area contributed by atoms with E-state index < -0.39 is 11.4 Å². The van der Waals surface area contributed by atoms with E-state index in [9.17, 15) is 19.1 Å². The Morgan fingerprint density at radius 2 is 1.81 bits per heavy atom. The largest absolute Gasteiger partial charge is 0.494 e. The smallest absolute Gasteiger partial charge is 0.261 e. The highest BCUT2D eigenvalue weighted by Crippen LogP contribution is 2.33. The number of hydrogen-bond acceptors (Lipinski definition) is 4. The molecule has 0 atom stereocenters. The van der Waals surface area contributed by atoms with Crippen molar-refractivity contribution in [1.82, 2.24) is 9.88 Å². The van der Waals surface area contributed by atoms with E-state index >= 15 is 0 Å². The summed E-state index contributed by atoms with van der Waals surface area (Å²) in [6, 6.07) is 14.1. The van der Waals surface area contributed by atoms with Gasteiger partial charge in [0.25, 0.3) is 11.5 Å². The third-order valence-electron chi connectivity index (χ3n) is 6.06. The summed E-state index contributed by atoms with van der Waals surface area (Å²) in [7, 11) is 0. The minimum atomic E-state index is -0.454. The molecule has 32 heavy (non-hydrogen) atoms. The van der Waals surface area contributed by atoms with Crippen LogP contribution < -0.4 is 10.9 Å². The van der Waals surface area contributed by atoms with Gasteiger partial charge in [0.05, 0.1) is 5.69 Å². The maximum Gasteiger partial charge on any atom is 0.261 e. The summed E-state index contributed by atoms with van der Waals surface area (Å²) >= 11 is 0. The van der Waals surface area contributed by atoms with Crippen molar-refractivity contribution in [1.29, 1.82) is 0 Å². The molecule has 0 bridgehead atoms. The van der Waals surface area contributed by atoms with Gasteiger partial charge in [-0.25, -0.2) is 4.39 Å². The van der Waals surface area contributed by atoms with Crippen LogP contribution in [0.4, 0.5) is 15.8 Å². The quantitative estimate of drug-likeness (QED) is 0.559. The van der Waals surface area contributed by atoms with E-state index in [1.807, 2.05) is 31.2 Å². The van der Waals surface area contributed by atoms with Crippen LogP contribution in [0.3, 0.4) is 0 Å². The van der Waals surface area contributed by atoms with Crippen molar-refractivity contribution in [2.75, 3.05) is 18.4 Å². The molecule has 4 rings (SSSR count). The summed E-state index contributed by atoms with van der Waals surface area (Å²) in [5.41, 5.74) is 3.05. The summed E-state index contributed by atoms with van der Waals surface area (Å²) in [6.45, 7) is 4.57. The van der Waals surface area contributed by atoms with Crippen LogP contribution in [-0.2, 0) is 0 Å². The molecule has 2 heterocycles. The van der Waals surface area contributed by atoms with Gasteiger partial charge < -0.3 is 15.3 Å². The summed E-state index contributed by atoms with van der Waals surface area (Å²) in [4.78, 5) is 29.8. The van der Waals surface area contributed by atoms with E-state index in [0.717, 1.165) is 29.7 Å². The second-order valence-corrected chi connectivity index (χ2v) is 8.29. The Bertz CT molecular complexity index is 1200. The first-order valence-corrected chi connectivity index (χ1v) is 10.7. The molecule has 3 N–H and O–H groups in total. The fourth-order valence-electron chi connectivity index (χ4n) is 4.22. The first-order valence-electron chi connectivity index (χ1n) is 10.7. The average molecular weight is 435 g/mol. The molecule has 0 aliphatic carbocycles. The predicted octanol–water partition coefficient (Wildman–Crippen LogP) is 4.60. The molecule has 1 aliphatic rings. The number of carbonyl (C=O) groups is 1. The van der Waals surface area contributed by atoms with Gasteiger partial charge in [-0.3, -0.25) is 14.6 Å². The molecule has 1 fully saturated rings. The van der Waals surface area contributed by atoms with Crippen LogP contribution in [0, 0.1) is 19.7 Å². The third-order valence-corrected chi connectivity index (χ3v) is 6.06. The first kappa shape index (κ1) is 21.6. The van der Waals surface area contributed by atoms with Crippen LogP contribution in [0.25, 0.3) is 0 Å². The lowest BCUT2D eigenvalue weighted by atomic mass is 9.89. The number of likely N-dealkylation sites (tertiary alicyclic amines) is 1. The Kier molecular flexibility index (Phi) is 5.99. The zero-order valence-corrected chi connectivity index (χ0v) is 18.1. The number of carbonyl (C=O) groups excluding carboxylic acids is 1. The predicted molar refractivity (Wildman–Crippen MR) is 122 cm³/mol. The molecule has 0 radical (unpaired) electrons. The SMILES string of the molecule is Cc1cccc(Nc2c(C(=O)N3CCC(c4ccc(F)cc4)CC3)c(O)[nH]c(=O)c2C)c1. The summed E-state index contributed by atoms with van der Waals surface area (Å²) < 4.78 is 13.2. The molecule has 0 spiro atoms. The highest BCUT2D eigenvalue weighted by molar-refractivity contribution is 6.03. The number of amides is 1. The molecule has 0 saturated carbocycles. The van der Waals surface area contributed by atoms with Gasteiger partial charge in [0.1, 0.15) is 11.4 Å². The molecule has 1 aliphatic heterocycles. The van der Waals surface area contributed by atoms with Gasteiger partial charge in [0.15, 0.2) is 0 Å². The molecule has 2 aromatic carbocycles. The fraction of sp³-hybridized carbons (Fsp3) is 0.280. The van der Waals surface area contributed by atoms with Crippen molar-refractivity contribution in [2.24, 2.45) is 0 Å². The highest BCUT2D eigenvalue weighted by Gasteiger charge is 2.29. The first-order chi connectivity index (χ1) is 15.3. The van der Waals surface area contributed by atoms with Crippen molar-refractivity contribution in [3.8, 4) is 5.88 Å². The number of hydrogen-bond donors (Lipinski definition) is 3. The van der Waals surface area contributed by atoms with Gasteiger partial charge in [-0.05, 0) is 68.0 Å². The van der Waals surface area contributed by atoms with Crippen LogP contribution in [0.1, 0.15) is 45.8 Å².